The van der Waals surface area contributed by atoms with E-state index in [0.717, 1.165) is 49.4 Å². The van der Waals surface area contributed by atoms with Gasteiger partial charge in [0.25, 0.3) is 0 Å². The number of nitrogens with zero attached hydrogens (tertiary/aromatic N) is 2. The number of benzene rings is 2. The number of guanidine groups is 1. The number of nitrogens with one attached hydrogen (secondary N) is 11. The maximum absolute atomic E-state index is 14.9. The van der Waals surface area contributed by atoms with E-state index >= 15 is 0 Å². The molecule has 0 spiro atoms. The summed E-state index contributed by atoms with van der Waals surface area (Å²) >= 11 is 0. The number of amides is 10. The molecule has 2 fully saturated rings. The van der Waals surface area contributed by atoms with Crippen LogP contribution in [-0.4, -0.2) is 142 Å². The lowest BCUT2D eigenvalue weighted by Crippen LogP contribution is -2.61. The number of fused-ring (bicyclic) bond motifs is 1. The Morgan fingerprint density at radius 2 is 1.34 bits per heavy atom. The van der Waals surface area contributed by atoms with Gasteiger partial charge in [0.1, 0.15) is 42.3 Å². The number of unbranched alkanes of at least 4 members (excludes halogenated alkanes) is 1. The number of aromatic amines is 2. The lowest BCUT2D eigenvalue weighted by molar-refractivity contribution is -0.136. The highest BCUT2D eigenvalue weighted by atomic mass is 16.2. The molecular formula is C60H86N16O10. The predicted molar refractivity (Wildman–Crippen MR) is 321 cm³/mol. The van der Waals surface area contributed by atoms with E-state index in [-0.39, 0.29) is 95.2 Å². The second kappa shape index (κ2) is 34.8. The molecule has 7 atom stereocenters. The Kier molecular flexibility index (Phi) is 26.8. The number of carbonyl (C=O) groups excluding carboxylic acids is 10. The highest BCUT2D eigenvalue weighted by molar-refractivity contribution is 5.99. The number of nitrogens with two attached hydrogens (primary N) is 3. The molecular weight excluding hydrogens is 1100 g/mol. The van der Waals surface area contributed by atoms with Gasteiger partial charge in [0.05, 0.1) is 12.7 Å². The van der Waals surface area contributed by atoms with Crippen molar-refractivity contribution in [2.75, 3.05) is 19.6 Å². The van der Waals surface area contributed by atoms with Crippen LogP contribution in [0.2, 0.25) is 0 Å². The van der Waals surface area contributed by atoms with E-state index in [1.165, 1.54) is 12.5 Å². The summed E-state index contributed by atoms with van der Waals surface area (Å²) < 4.78 is 0. The van der Waals surface area contributed by atoms with Crippen molar-refractivity contribution in [3.63, 3.8) is 0 Å². The molecule has 1 saturated carbocycles. The van der Waals surface area contributed by atoms with E-state index in [1.807, 2.05) is 31.2 Å². The smallest absolute Gasteiger partial charge is 0.243 e. The fourth-order valence-corrected chi connectivity index (χ4v) is 10.6. The average molecular weight is 1190 g/mol. The Bertz CT molecular complexity index is 2920. The van der Waals surface area contributed by atoms with Crippen molar-refractivity contribution in [2.45, 2.75) is 178 Å². The number of carbonyl (C=O) groups is 10. The fourth-order valence-electron chi connectivity index (χ4n) is 10.6. The summed E-state index contributed by atoms with van der Waals surface area (Å²) in [4.78, 5) is 155. The molecule has 2 aromatic carbocycles. The Morgan fingerprint density at radius 3 is 2.05 bits per heavy atom. The zero-order valence-electron chi connectivity index (χ0n) is 49.0. The molecule has 1 aliphatic heterocycles. The number of para-hydroxylation sites is 1. The first-order valence-electron chi connectivity index (χ1n) is 30.0. The quantitative estimate of drug-likeness (QED) is 0.0348. The number of rotatable bonds is 19. The van der Waals surface area contributed by atoms with Crippen LogP contribution in [0.25, 0.3) is 10.9 Å². The lowest BCUT2D eigenvalue weighted by Gasteiger charge is -2.29. The van der Waals surface area contributed by atoms with Gasteiger partial charge in [0.15, 0.2) is 5.96 Å². The van der Waals surface area contributed by atoms with Crippen LogP contribution in [0, 0.1) is 5.92 Å². The molecule has 17 N–H and O–H groups in total. The third kappa shape index (κ3) is 22.3. The Hall–Kier alpha value is -8.84. The Labute approximate surface area is 500 Å². The van der Waals surface area contributed by atoms with Gasteiger partial charge >= 0.3 is 0 Å². The minimum atomic E-state index is -1.61. The second-order valence-corrected chi connectivity index (χ2v) is 22.2. The van der Waals surface area contributed by atoms with E-state index in [1.54, 1.807) is 36.5 Å². The lowest BCUT2D eigenvalue weighted by atomic mass is 9.84. The first-order chi connectivity index (χ1) is 41.5. The number of imidazole rings is 1. The van der Waals surface area contributed by atoms with Crippen molar-refractivity contribution in [3.05, 3.63) is 90.1 Å². The monoisotopic (exact) mass is 1190 g/mol. The number of hydrogen-bond acceptors (Lipinski definition) is 12. The number of aliphatic imine (C=N–C) groups is 1. The number of primary amides is 1. The molecule has 4 aromatic rings. The van der Waals surface area contributed by atoms with Gasteiger partial charge in [-0.1, -0.05) is 94.0 Å². The minimum absolute atomic E-state index is 0.00195. The molecule has 1 aliphatic carbocycles. The van der Waals surface area contributed by atoms with Gasteiger partial charge in [-0.3, -0.25) is 52.9 Å². The van der Waals surface area contributed by atoms with Crippen LogP contribution >= 0.6 is 0 Å². The van der Waals surface area contributed by atoms with E-state index < -0.39 is 102 Å². The van der Waals surface area contributed by atoms with Crippen LogP contribution < -0.4 is 65.1 Å². The van der Waals surface area contributed by atoms with Crippen molar-refractivity contribution in [3.8, 4) is 0 Å². The summed E-state index contributed by atoms with van der Waals surface area (Å²) in [6.07, 6.45) is 11.0. The third-order valence-corrected chi connectivity index (χ3v) is 15.4. The largest absolute Gasteiger partial charge is 0.370 e. The highest BCUT2D eigenvalue weighted by Gasteiger charge is 2.36. The zero-order chi connectivity index (χ0) is 61.8. The van der Waals surface area contributed by atoms with Crippen LogP contribution in [0.15, 0.2) is 78.3 Å². The molecule has 2 aromatic heterocycles. The molecule has 1 saturated heterocycles. The van der Waals surface area contributed by atoms with Crippen molar-refractivity contribution in [2.24, 2.45) is 28.1 Å². The number of hydrogen-bond donors (Lipinski definition) is 14. The maximum Gasteiger partial charge on any atom is 0.243 e. The van der Waals surface area contributed by atoms with Crippen molar-refractivity contribution in [1.29, 1.82) is 0 Å². The minimum Gasteiger partial charge on any atom is -0.370 e. The first kappa shape index (κ1) is 66.3. The van der Waals surface area contributed by atoms with E-state index in [0.29, 0.717) is 42.5 Å². The third-order valence-electron chi connectivity index (χ3n) is 15.4. The van der Waals surface area contributed by atoms with Gasteiger partial charge in [-0.25, -0.2) is 4.98 Å². The van der Waals surface area contributed by atoms with Gasteiger partial charge in [0.2, 0.25) is 59.1 Å². The normalized spacial score (nSPS) is 21.9. The second-order valence-electron chi connectivity index (χ2n) is 22.2. The molecule has 3 heterocycles. The van der Waals surface area contributed by atoms with Gasteiger partial charge in [-0.2, -0.15) is 0 Å². The molecule has 466 valence electrons. The SMILES string of the molecule is CCCCC(=O)N[C@@H](CC1CCCCC1)C(=O)N[C@H]1CC(=O)NCCCC[C@@H](C(N)=O)NC(=O)CCCNC(=O)[C@H](Cc2c[nH]c3ccccc23)NC(=O)[C@H](CCCN=C(N)N)NC(=O)[C@@H](Cc2ccccc2)NC(=O)[C@H](Cc2cnc[nH]2)NC1=O. The van der Waals surface area contributed by atoms with Crippen molar-refractivity contribution >= 4 is 75.9 Å². The molecule has 26 nitrogen and oxygen atoms in total. The Morgan fingerprint density at radius 1 is 0.674 bits per heavy atom. The predicted octanol–water partition coefficient (Wildman–Crippen LogP) is 0.599. The molecule has 0 radical (unpaired) electrons. The van der Waals surface area contributed by atoms with Crippen LogP contribution in [0.4, 0.5) is 0 Å². The van der Waals surface area contributed by atoms with Crippen LogP contribution in [0.3, 0.4) is 0 Å². The van der Waals surface area contributed by atoms with E-state index in [2.05, 4.69) is 67.8 Å². The summed E-state index contributed by atoms with van der Waals surface area (Å²) in [6, 6.07) is 6.96. The molecule has 2 aliphatic rings. The topological polar surface area (TPSA) is 414 Å². The first-order valence-corrected chi connectivity index (χ1v) is 30.0. The highest BCUT2D eigenvalue weighted by Crippen LogP contribution is 2.28. The van der Waals surface area contributed by atoms with Crippen LogP contribution in [-0.2, 0) is 67.2 Å². The molecule has 26 heteroatoms. The van der Waals surface area contributed by atoms with Gasteiger partial charge < -0.3 is 75.0 Å². The van der Waals surface area contributed by atoms with Crippen LogP contribution in [0.1, 0.15) is 133 Å². The summed E-state index contributed by atoms with van der Waals surface area (Å²) in [7, 11) is 0. The number of H-pyrrole nitrogens is 2. The Balaban J connectivity index is 1.35. The van der Waals surface area contributed by atoms with Crippen molar-refractivity contribution < 1.29 is 47.9 Å². The zero-order valence-corrected chi connectivity index (χ0v) is 49.0. The summed E-state index contributed by atoms with van der Waals surface area (Å²) in [6.45, 7) is 2.06. The van der Waals surface area contributed by atoms with E-state index in [9.17, 15) is 47.9 Å². The number of aromatic nitrogens is 3. The van der Waals surface area contributed by atoms with E-state index in [4.69, 9.17) is 17.2 Å². The summed E-state index contributed by atoms with van der Waals surface area (Å²) in [5.74, 6) is -7.04. The molecule has 6 rings (SSSR count). The molecule has 0 unspecified atom stereocenters. The van der Waals surface area contributed by atoms with Gasteiger partial charge in [-0.05, 0) is 74.5 Å². The molecule has 86 heavy (non-hydrogen) atoms. The van der Waals surface area contributed by atoms with Crippen LogP contribution in [0.5, 0.6) is 0 Å². The fraction of sp³-hybridized carbons (Fsp3) is 0.533. The standard InChI is InChI=1S/C60H86N16O10/c1-2-3-24-50(77)71-45(29-37-16-6-4-7-17-37)56(83)76-49-33-52(79)65-26-13-12-22-43(53(61)80)70-51(78)25-15-27-66-54(81)47(31-39-34-68-42-21-11-10-20-41(39)42)74-55(82)44(23-14-28-67-60(62)63)72-57(84)46(30-38-18-8-5-9-19-38)73-58(85)48(75-59(49)86)32-40-35-64-36-69-40/h5,8-11,18-21,34-37,43-49,68H,2-4,6-7,12-17,22-33H2,1H3,(H2,61,80)(H,64,69)(H,65,79)(H,66,81)(H,70,78)(H,71,77)(H,72,84)(H,73,85)(H,74,82)(H,75,86)(H,76,83)(H4,62,63,67)/t43-,44-,45-,46+,47-,48-,49-/m0/s1. The van der Waals surface area contributed by atoms with Gasteiger partial charge in [0, 0.05) is 80.7 Å². The average Bonchev–Trinajstić information content (AvgIpc) is 3.49. The molecule has 0 bridgehead atoms. The van der Waals surface area contributed by atoms with Crippen molar-refractivity contribution in [1.82, 2.24) is 62.8 Å². The molecule has 10 amide bonds. The van der Waals surface area contributed by atoms with Gasteiger partial charge in [-0.15, -0.1) is 0 Å². The maximum atomic E-state index is 14.9. The summed E-state index contributed by atoms with van der Waals surface area (Å²) in [5, 5.41) is 25.8. The summed E-state index contributed by atoms with van der Waals surface area (Å²) in [5.41, 5.74) is 19.4.